The van der Waals surface area contributed by atoms with E-state index in [1.165, 1.54) is 22.8 Å². The summed E-state index contributed by atoms with van der Waals surface area (Å²) in [6, 6.07) is 12.6. The number of piperidine rings is 1. The van der Waals surface area contributed by atoms with Gasteiger partial charge >= 0.3 is 5.97 Å². The van der Waals surface area contributed by atoms with Crippen LogP contribution in [0.5, 0.6) is 0 Å². The molecule has 0 saturated carbocycles. The third kappa shape index (κ3) is 5.08. The zero-order valence-corrected chi connectivity index (χ0v) is 19.0. The number of carbonyl (C=O) groups is 2. The van der Waals surface area contributed by atoms with Crippen LogP contribution in [-0.4, -0.2) is 51.8 Å². The molecule has 3 aromatic rings. The van der Waals surface area contributed by atoms with Gasteiger partial charge in [-0.2, -0.15) is 0 Å². The molecule has 1 aliphatic rings. The van der Waals surface area contributed by atoms with Crippen molar-refractivity contribution >= 4 is 34.5 Å². The molecule has 0 bridgehead atoms. The lowest BCUT2D eigenvalue weighted by molar-refractivity contribution is -0.151. The highest BCUT2D eigenvalue weighted by Crippen LogP contribution is 2.24. The minimum atomic E-state index is -0.474. The summed E-state index contributed by atoms with van der Waals surface area (Å²) < 4.78 is 20.3. The van der Waals surface area contributed by atoms with Gasteiger partial charge in [0.25, 0.3) is 5.56 Å². The lowest BCUT2D eigenvalue weighted by Gasteiger charge is -2.31. The molecule has 1 amide bonds. The summed E-state index contributed by atoms with van der Waals surface area (Å²) in [5.41, 5.74) is 0.514. The van der Waals surface area contributed by atoms with Crippen molar-refractivity contribution in [1.82, 2.24) is 14.5 Å². The number of esters is 1. The number of nitrogens with zero attached hydrogens (tertiary/aromatic N) is 3. The summed E-state index contributed by atoms with van der Waals surface area (Å²) in [4.78, 5) is 44.5. The van der Waals surface area contributed by atoms with E-state index in [2.05, 4.69) is 4.98 Å². The van der Waals surface area contributed by atoms with Crippen molar-refractivity contribution in [2.75, 3.05) is 25.4 Å². The molecule has 1 fully saturated rings. The lowest BCUT2D eigenvalue weighted by Crippen LogP contribution is -2.43. The smallest absolute Gasteiger partial charge is 0.310 e. The van der Waals surface area contributed by atoms with E-state index < -0.39 is 5.82 Å². The number of fused-ring (bicyclic) bond motifs is 1. The normalized spacial score (nSPS) is 16.1. The topological polar surface area (TPSA) is 81.5 Å². The van der Waals surface area contributed by atoms with E-state index in [1.807, 2.05) is 0 Å². The second-order valence-corrected chi connectivity index (χ2v) is 8.69. The second kappa shape index (κ2) is 10.2. The van der Waals surface area contributed by atoms with Gasteiger partial charge in [-0.25, -0.2) is 9.37 Å². The summed E-state index contributed by atoms with van der Waals surface area (Å²) in [6.07, 6.45) is 1.42. The molecule has 1 aromatic heterocycles. The van der Waals surface area contributed by atoms with Gasteiger partial charge in [0.05, 0.1) is 34.9 Å². The monoisotopic (exact) mass is 469 g/mol. The van der Waals surface area contributed by atoms with E-state index in [4.69, 9.17) is 4.74 Å². The molecule has 0 radical (unpaired) electrons. The van der Waals surface area contributed by atoms with Crippen LogP contribution in [0.2, 0.25) is 0 Å². The van der Waals surface area contributed by atoms with Gasteiger partial charge in [0, 0.05) is 13.1 Å². The third-order valence-electron chi connectivity index (χ3n) is 5.53. The zero-order chi connectivity index (χ0) is 23.4. The van der Waals surface area contributed by atoms with Gasteiger partial charge in [-0.3, -0.25) is 19.0 Å². The number of para-hydroxylation sites is 1. The first-order valence-electron chi connectivity index (χ1n) is 10.8. The number of rotatable bonds is 6. The van der Waals surface area contributed by atoms with E-state index in [-0.39, 0.29) is 29.1 Å². The Balaban J connectivity index is 1.59. The highest BCUT2D eigenvalue weighted by molar-refractivity contribution is 7.99. The maximum absolute atomic E-state index is 13.9. The molecular formula is C24H24FN3O4S. The van der Waals surface area contributed by atoms with Gasteiger partial charge in [0.2, 0.25) is 5.91 Å². The number of likely N-dealkylation sites (tertiary alicyclic amines) is 1. The average molecular weight is 470 g/mol. The Bertz CT molecular complexity index is 1250. The number of hydrogen-bond acceptors (Lipinski definition) is 6. The maximum Gasteiger partial charge on any atom is 0.310 e. The molecule has 1 atom stereocenters. The van der Waals surface area contributed by atoms with Crippen LogP contribution in [0.3, 0.4) is 0 Å². The average Bonchev–Trinajstić information content (AvgIpc) is 2.83. The lowest BCUT2D eigenvalue weighted by atomic mass is 9.98. The fraction of sp³-hybridized carbons (Fsp3) is 0.333. The van der Waals surface area contributed by atoms with Gasteiger partial charge in [0.15, 0.2) is 5.16 Å². The number of hydrogen-bond donors (Lipinski definition) is 0. The van der Waals surface area contributed by atoms with Crippen LogP contribution in [-0.2, 0) is 14.3 Å². The molecular weight excluding hydrogens is 445 g/mol. The van der Waals surface area contributed by atoms with Crippen LogP contribution in [0.4, 0.5) is 4.39 Å². The SMILES string of the molecule is CCOC(=O)C1CCCN(C(=O)CSc2nc3ccccc3c(=O)n2-c2cccc(F)c2)C1. The Morgan fingerprint density at radius 2 is 2.03 bits per heavy atom. The van der Waals surface area contributed by atoms with Crippen molar-refractivity contribution in [3.8, 4) is 5.69 Å². The molecule has 33 heavy (non-hydrogen) atoms. The number of carbonyl (C=O) groups excluding carboxylic acids is 2. The quantitative estimate of drug-likeness (QED) is 0.313. The minimum Gasteiger partial charge on any atom is -0.466 e. The maximum atomic E-state index is 13.9. The molecule has 172 valence electrons. The third-order valence-corrected chi connectivity index (χ3v) is 6.45. The van der Waals surface area contributed by atoms with Gasteiger partial charge in [-0.1, -0.05) is 30.0 Å². The van der Waals surface area contributed by atoms with E-state index in [0.29, 0.717) is 47.9 Å². The van der Waals surface area contributed by atoms with Crippen molar-refractivity contribution in [2.24, 2.45) is 5.92 Å². The molecule has 2 heterocycles. The van der Waals surface area contributed by atoms with Gasteiger partial charge < -0.3 is 9.64 Å². The molecule has 0 spiro atoms. The Morgan fingerprint density at radius 3 is 2.82 bits per heavy atom. The molecule has 4 rings (SSSR count). The number of benzene rings is 2. The number of aromatic nitrogens is 2. The van der Waals surface area contributed by atoms with E-state index in [1.54, 1.807) is 42.2 Å². The van der Waals surface area contributed by atoms with E-state index >= 15 is 0 Å². The van der Waals surface area contributed by atoms with Gasteiger partial charge in [-0.05, 0) is 50.1 Å². The summed E-state index contributed by atoms with van der Waals surface area (Å²) in [5, 5.41) is 0.711. The highest BCUT2D eigenvalue weighted by atomic mass is 32.2. The number of halogens is 1. The molecule has 9 heteroatoms. The first kappa shape index (κ1) is 23.0. The molecule has 2 aromatic carbocycles. The van der Waals surface area contributed by atoms with Crippen LogP contribution in [0.25, 0.3) is 16.6 Å². The van der Waals surface area contributed by atoms with Crippen LogP contribution in [0.15, 0.2) is 58.5 Å². The summed E-state index contributed by atoms with van der Waals surface area (Å²) in [7, 11) is 0. The van der Waals surface area contributed by atoms with Gasteiger partial charge in [-0.15, -0.1) is 0 Å². The number of thioether (sulfide) groups is 1. The van der Waals surface area contributed by atoms with Crippen molar-refractivity contribution in [3.05, 3.63) is 64.7 Å². The fourth-order valence-electron chi connectivity index (χ4n) is 3.93. The van der Waals surface area contributed by atoms with Crippen molar-refractivity contribution in [3.63, 3.8) is 0 Å². The fourth-order valence-corrected chi connectivity index (χ4v) is 4.84. The predicted octanol–water partition coefficient (Wildman–Crippen LogP) is 3.42. The van der Waals surface area contributed by atoms with E-state index in [0.717, 1.165) is 18.2 Å². The Hall–Kier alpha value is -3.20. The largest absolute Gasteiger partial charge is 0.466 e. The number of ether oxygens (including phenoxy) is 1. The molecule has 0 aliphatic carbocycles. The van der Waals surface area contributed by atoms with Crippen molar-refractivity contribution in [2.45, 2.75) is 24.9 Å². The Labute approximate surface area is 194 Å². The van der Waals surface area contributed by atoms with Crippen LogP contribution >= 0.6 is 11.8 Å². The second-order valence-electron chi connectivity index (χ2n) is 7.75. The van der Waals surface area contributed by atoms with Crippen molar-refractivity contribution in [1.29, 1.82) is 0 Å². The van der Waals surface area contributed by atoms with Crippen LogP contribution < -0.4 is 5.56 Å². The van der Waals surface area contributed by atoms with Gasteiger partial charge in [0.1, 0.15) is 5.82 Å². The first-order chi connectivity index (χ1) is 16.0. The molecule has 0 N–H and O–H groups in total. The number of amides is 1. The highest BCUT2D eigenvalue weighted by Gasteiger charge is 2.29. The molecule has 1 unspecified atom stereocenters. The molecule has 7 nitrogen and oxygen atoms in total. The predicted molar refractivity (Wildman–Crippen MR) is 124 cm³/mol. The standard InChI is InChI=1S/C24H24FN3O4S/c1-2-32-23(31)16-7-6-12-27(14-16)21(29)15-33-24-26-20-11-4-3-10-19(20)22(30)28(24)18-9-5-8-17(25)13-18/h3-5,8-11,13,16H,2,6-7,12,14-15H2,1H3. The Morgan fingerprint density at radius 1 is 1.21 bits per heavy atom. The van der Waals surface area contributed by atoms with Crippen LogP contribution in [0, 0.1) is 11.7 Å². The summed E-state index contributed by atoms with van der Waals surface area (Å²) in [5.74, 6) is -1.19. The zero-order valence-electron chi connectivity index (χ0n) is 18.2. The molecule has 1 saturated heterocycles. The Kier molecular flexibility index (Phi) is 7.08. The summed E-state index contributed by atoms with van der Waals surface area (Å²) in [6.45, 7) is 2.95. The van der Waals surface area contributed by atoms with Crippen molar-refractivity contribution < 1.29 is 18.7 Å². The van der Waals surface area contributed by atoms with Crippen LogP contribution in [0.1, 0.15) is 19.8 Å². The summed E-state index contributed by atoms with van der Waals surface area (Å²) >= 11 is 1.12. The molecule has 1 aliphatic heterocycles. The van der Waals surface area contributed by atoms with E-state index in [9.17, 15) is 18.8 Å². The minimum absolute atomic E-state index is 0.0373. The first-order valence-corrected chi connectivity index (χ1v) is 11.8.